The third-order valence-electron chi connectivity index (χ3n) is 6.89. The van der Waals surface area contributed by atoms with Crippen molar-refractivity contribution >= 4 is 45.9 Å². The lowest BCUT2D eigenvalue weighted by Gasteiger charge is -2.24. The average molecular weight is 553 g/mol. The van der Waals surface area contributed by atoms with Crippen molar-refractivity contribution in [2.75, 3.05) is 24.5 Å². The molecule has 0 spiro atoms. The third-order valence-corrected chi connectivity index (χ3v) is 8.03. The van der Waals surface area contributed by atoms with Crippen molar-refractivity contribution in [2.45, 2.75) is 35.1 Å². The molecule has 0 fully saturated rings. The molecule has 4 aromatic rings. The summed E-state index contributed by atoms with van der Waals surface area (Å²) >= 11 is 1.55. The number of rotatable bonds is 10. The van der Waals surface area contributed by atoms with Gasteiger partial charge >= 0.3 is 0 Å². The van der Waals surface area contributed by atoms with E-state index in [0.29, 0.717) is 31.5 Å². The highest BCUT2D eigenvalue weighted by Crippen LogP contribution is 2.41. The van der Waals surface area contributed by atoms with Crippen molar-refractivity contribution in [3.05, 3.63) is 102 Å². The number of nitrogens with two attached hydrogens (primary N) is 1. The molecule has 0 saturated carbocycles. The first-order valence-electron chi connectivity index (χ1n) is 13.5. The predicted octanol–water partition coefficient (Wildman–Crippen LogP) is 4.53. The first-order chi connectivity index (χ1) is 19.5. The second-order valence-corrected chi connectivity index (χ2v) is 10.8. The van der Waals surface area contributed by atoms with E-state index in [4.69, 9.17) is 5.73 Å². The van der Waals surface area contributed by atoms with Crippen LogP contribution < -0.4 is 21.3 Å². The number of hydrogen-bond acceptors (Lipinski definition) is 5. The van der Waals surface area contributed by atoms with E-state index in [1.54, 1.807) is 16.7 Å². The van der Waals surface area contributed by atoms with Gasteiger partial charge in [0.25, 0.3) is 5.91 Å². The predicted molar refractivity (Wildman–Crippen MR) is 160 cm³/mol. The van der Waals surface area contributed by atoms with E-state index < -0.39 is 6.04 Å². The van der Waals surface area contributed by atoms with E-state index in [1.807, 2.05) is 91.0 Å². The van der Waals surface area contributed by atoms with Crippen molar-refractivity contribution in [3.8, 4) is 0 Å². The standard InChI is InChI=1S/C32H32N4O3S/c33-17-7-18-34-31(38)26(21-22-14-15-23-8-1-2-9-24(23)20-22)35-30(37)16-19-36-27-11-4-6-13-29(27)40-28-12-5-3-10-25(28)32(36)39/h1-6,8-15,20,26H,7,16-19,21,33H2,(H,34,38)(H,35,37)/t26-/m1/s1. The van der Waals surface area contributed by atoms with E-state index in [9.17, 15) is 14.4 Å². The van der Waals surface area contributed by atoms with Crippen LogP contribution in [0.15, 0.2) is 101 Å². The van der Waals surface area contributed by atoms with Gasteiger partial charge in [0.15, 0.2) is 0 Å². The molecule has 4 aromatic carbocycles. The molecule has 0 aromatic heterocycles. The van der Waals surface area contributed by atoms with Crippen molar-refractivity contribution < 1.29 is 14.4 Å². The normalized spacial score (nSPS) is 13.2. The minimum Gasteiger partial charge on any atom is -0.354 e. The van der Waals surface area contributed by atoms with Gasteiger partial charge in [-0.3, -0.25) is 14.4 Å². The van der Waals surface area contributed by atoms with Gasteiger partial charge in [-0.05, 0) is 53.6 Å². The summed E-state index contributed by atoms with van der Waals surface area (Å²) in [6.45, 7) is 1.10. The molecule has 1 atom stereocenters. The number of carbonyl (C=O) groups excluding carboxylic acids is 3. The van der Waals surface area contributed by atoms with Crippen LogP contribution in [0.5, 0.6) is 0 Å². The zero-order valence-electron chi connectivity index (χ0n) is 22.1. The zero-order chi connectivity index (χ0) is 27.9. The van der Waals surface area contributed by atoms with E-state index in [2.05, 4.69) is 10.6 Å². The smallest absolute Gasteiger partial charge is 0.259 e. The lowest BCUT2D eigenvalue weighted by molar-refractivity contribution is -0.128. The number of benzene rings is 4. The topological polar surface area (TPSA) is 105 Å². The van der Waals surface area contributed by atoms with Gasteiger partial charge in [-0.15, -0.1) is 0 Å². The lowest BCUT2D eigenvalue weighted by atomic mass is 10.0. The Labute approximate surface area is 238 Å². The number of fused-ring (bicyclic) bond motifs is 3. The van der Waals surface area contributed by atoms with Crippen LogP contribution in [0.1, 0.15) is 28.8 Å². The average Bonchev–Trinajstić information content (AvgIpc) is 3.09. The molecule has 1 aliphatic heterocycles. The number of nitrogens with zero attached hydrogens (tertiary/aromatic N) is 1. The maximum atomic E-state index is 13.5. The number of anilines is 1. The van der Waals surface area contributed by atoms with Crippen LogP contribution in [0.25, 0.3) is 10.8 Å². The Kier molecular flexibility index (Phi) is 8.78. The zero-order valence-corrected chi connectivity index (χ0v) is 23.0. The van der Waals surface area contributed by atoms with E-state index in [1.165, 1.54) is 0 Å². The molecule has 0 radical (unpaired) electrons. The molecular formula is C32H32N4O3S. The SMILES string of the molecule is NCCCNC(=O)[C@@H](Cc1ccc2ccccc2c1)NC(=O)CCN1C(=O)c2ccccc2Sc2ccccc21. The van der Waals surface area contributed by atoms with Crippen LogP contribution in [0.4, 0.5) is 5.69 Å². The Bertz CT molecular complexity index is 1540. The lowest BCUT2D eigenvalue weighted by Crippen LogP contribution is -2.49. The van der Waals surface area contributed by atoms with Crippen LogP contribution >= 0.6 is 11.8 Å². The van der Waals surface area contributed by atoms with Crippen LogP contribution in [0.2, 0.25) is 0 Å². The highest BCUT2D eigenvalue weighted by molar-refractivity contribution is 7.99. The molecule has 8 heteroatoms. The van der Waals surface area contributed by atoms with Crippen LogP contribution in [-0.4, -0.2) is 43.4 Å². The van der Waals surface area contributed by atoms with Crippen molar-refractivity contribution in [1.82, 2.24) is 10.6 Å². The minimum absolute atomic E-state index is 0.0528. The summed E-state index contributed by atoms with van der Waals surface area (Å²) in [6, 6.07) is 28.5. The molecule has 4 N–H and O–H groups in total. The van der Waals surface area contributed by atoms with Crippen molar-refractivity contribution in [1.29, 1.82) is 0 Å². The van der Waals surface area contributed by atoms with Gasteiger partial charge in [-0.1, -0.05) is 78.5 Å². The molecular weight excluding hydrogens is 520 g/mol. The Balaban J connectivity index is 1.31. The van der Waals surface area contributed by atoms with E-state index in [0.717, 1.165) is 31.8 Å². The van der Waals surface area contributed by atoms with Crippen LogP contribution in [0.3, 0.4) is 0 Å². The van der Waals surface area contributed by atoms with Gasteiger partial charge in [-0.25, -0.2) is 0 Å². The summed E-state index contributed by atoms with van der Waals surface area (Å²) in [5, 5.41) is 8.00. The quantitative estimate of drug-likeness (QED) is 0.251. The summed E-state index contributed by atoms with van der Waals surface area (Å²) in [7, 11) is 0. The summed E-state index contributed by atoms with van der Waals surface area (Å²) in [5.41, 5.74) is 7.92. The van der Waals surface area contributed by atoms with Crippen LogP contribution in [-0.2, 0) is 16.0 Å². The molecule has 3 amide bonds. The van der Waals surface area contributed by atoms with Crippen molar-refractivity contribution in [3.63, 3.8) is 0 Å². The number of hydrogen-bond donors (Lipinski definition) is 3. The van der Waals surface area contributed by atoms with Crippen LogP contribution in [0, 0.1) is 0 Å². The fourth-order valence-electron chi connectivity index (χ4n) is 4.82. The summed E-state index contributed by atoms with van der Waals surface area (Å²) in [5.74, 6) is -0.695. The monoisotopic (exact) mass is 552 g/mol. The highest BCUT2D eigenvalue weighted by Gasteiger charge is 2.28. The summed E-state index contributed by atoms with van der Waals surface area (Å²) in [4.78, 5) is 43.4. The minimum atomic E-state index is -0.755. The van der Waals surface area contributed by atoms with Gasteiger partial charge in [0.1, 0.15) is 6.04 Å². The second-order valence-electron chi connectivity index (χ2n) is 9.71. The number of para-hydroxylation sites is 1. The Hall–Kier alpha value is -4.14. The molecule has 204 valence electrons. The van der Waals surface area contributed by atoms with Gasteiger partial charge in [0.05, 0.1) is 11.3 Å². The van der Waals surface area contributed by atoms with Gasteiger partial charge in [0.2, 0.25) is 11.8 Å². The van der Waals surface area contributed by atoms with Gasteiger partial charge < -0.3 is 21.3 Å². The van der Waals surface area contributed by atoms with Gasteiger partial charge in [0, 0.05) is 35.7 Å². The number of amides is 3. The fraction of sp³-hybridized carbons (Fsp3) is 0.219. The van der Waals surface area contributed by atoms with E-state index >= 15 is 0 Å². The Morgan fingerprint density at radius 2 is 1.60 bits per heavy atom. The fourth-order valence-corrected chi connectivity index (χ4v) is 5.90. The van der Waals surface area contributed by atoms with Crippen molar-refractivity contribution in [2.24, 2.45) is 5.73 Å². The molecule has 40 heavy (non-hydrogen) atoms. The summed E-state index contributed by atoms with van der Waals surface area (Å²) < 4.78 is 0. The molecule has 7 nitrogen and oxygen atoms in total. The maximum absolute atomic E-state index is 13.5. The molecule has 0 aliphatic carbocycles. The number of carbonyl (C=O) groups is 3. The molecule has 1 heterocycles. The third kappa shape index (κ3) is 6.35. The first kappa shape index (κ1) is 27.4. The molecule has 1 aliphatic rings. The summed E-state index contributed by atoms with van der Waals surface area (Å²) in [6.07, 6.45) is 1.05. The largest absolute Gasteiger partial charge is 0.354 e. The molecule has 5 rings (SSSR count). The maximum Gasteiger partial charge on any atom is 0.259 e. The first-order valence-corrected chi connectivity index (χ1v) is 14.3. The molecule has 0 unspecified atom stereocenters. The van der Waals surface area contributed by atoms with Gasteiger partial charge in [-0.2, -0.15) is 0 Å². The Morgan fingerprint density at radius 3 is 2.42 bits per heavy atom. The Morgan fingerprint density at radius 1 is 0.875 bits per heavy atom. The second kappa shape index (κ2) is 12.8. The molecule has 0 saturated heterocycles. The molecule has 0 bridgehead atoms. The highest BCUT2D eigenvalue weighted by atomic mass is 32.2. The van der Waals surface area contributed by atoms with E-state index in [-0.39, 0.29) is 30.7 Å². The number of nitrogens with one attached hydrogen (secondary N) is 2.